The summed E-state index contributed by atoms with van der Waals surface area (Å²) in [5.74, 6) is -0.716. The Morgan fingerprint density at radius 3 is 2.47 bits per heavy atom. The van der Waals surface area contributed by atoms with E-state index in [2.05, 4.69) is 5.16 Å². The zero-order valence-corrected chi connectivity index (χ0v) is 17.4. The third-order valence-electron chi connectivity index (χ3n) is 4.04. The van der Waals surface area contributed by atoms with Crippen LogP contribution in [0.3, 0.4) is 0 Å². The monoisotopic (exact) mass is 439 g/mol. The van der Waals surface area contributed by atoms with Crippen LogP contribution in [0.2, 0.25) is 0 Å². The fraction of sp³-hybridized carbons (Fsp3) is 0.444. The summed E-state index contributed by atoms with van der Waals surface area (Å²) in [4.78, 5) is 52.9. The summed E-state index contributed by atoms with van der Waals surface area (Å²) in [5.41, 5.74) is 0.626. The van der Waals surface area contributed by atoms with Gasteiger partial charge in [-0.3, -0.25) is 19.8 Å². The lowest BCUT2D eigenvalue weighted by Gasteiger charge is -2.22. The van der Waals surface area contributed by atoms with E-state index >= 15 is 0 Å². The van der Waals surface area contributed by atoms with E-state index in [1.165, 1.54) is 38.3 Å². The lowest BCUT2D eigenvalue weighted by molar-refractivity contribution is -0.384. The first kappa shape index (κ1) is 23.1. The lowest BCUT2D eigenvalue weighted by atomic mass is 10.2. The Hall–Kier alpha value is -3.15. The van der Waals surface area contributed by atoms with E-state index in [1.54, 1.807) is 6.92 Å². The smallest absolute Gasteiger partial charge is 0.411 e. The van der Waals surface area contributed by atoms with E-state index in [-0.39, 0.29) is 36.3 Å². The standard InChI is InChI=1S/C18H21N3O8S/c1-4-28-17(23)16-15(19-27-3)14(30-11(2)22)9-20(16)18(24)29-10-12-5-7-13(8-6-12)21(25)26/h5-8,14,16H,4,9-10H2,1-3H3/t14-,16-/m0/s1. The van der Waals surface area contributed by atoms with Crippen LogP contribution in [0.15, 0.2) is 29.4 Å². The molecule has 1 fully saturated rings. The molecule has 2 atom stereocenters. The molecule has 1 aliphatic rings. The van der Waals surface area contributed by atoms with Crippen LogP contribution in [0.25, 0.3) is 0 Å². The molecule has 0 spiro atoms. The maximum Gasteiger partial charge on any atom is 0.411 e. The maximum absolute atomic E-state index is 12.7. The molecule has 0 aliphatic carbocycles. The van der Waals surface area contributed by atoms with Crippen LogP contribution in [0.1, 0.15) is 19.4 Å². The Bertz CT molecular complexity index is 842. The van der Waals surface area contributed by atoms with Gasteiger partial charge in [-0.15, -0.1) is 0 Å². The predicted octanol–water partition coefficient (Wildman–Crippen LogP) is 2.13. The van der Waals surface area contributed by atoms with E-state index in [0.29, 0.717) is 5.56 Å². The minimum absolute atomic E-state index is 0.00494. The number of likely N-dealkylation sites (tertiary alicyclic amines) is 1. The van der Waals surface area contributed by atoms with Crippen molar-refractivity contribution in [2.75, 3.05) is 20.3 Å². The third-order valence-corrected chi connectivity index (χ3v) is 5.05. The molecule has 162 valence electrons. The van der Waals surface area contributed by atoms with Gasteiger partial charge in [0.15, 0.2) is 11.2 Å². The number of esters is 1. The van der Waals surface area contributed by atoms with Gasteiger partial charge < -0.3 is 14.3 Å². The molecule has 1 aromatic rings. The Morgan fingerprint density at radius 2 is 1.93 bits per heavy atom. The lowest BCUT2D eigenvalue weighted by Crippen LogP contribution is -2.44. The molecule has 0 unspecified atom stereocenters. The number of oxime groups is 1. The molecule has 0 saturated carbocycles. The van der Waals surface area contributed by atoms with Crippen LogP contribution >= 0.6 is 11.8 Å². The minimum Gasteiger partial charge on any atom is -0.464 e. The van der Waals surface area contributed by atoms with Crippen molar-refractivity contribution in [3.05, 3.63) is 39.9 Å². The van der Waals surface area contributed by atoms with Crippen LogP contribution in [0.4, 0.5) is 10.5 Å². The molecule has 1 aromatic carbocycles. The number of nitro groups is 1. The molecule has 0 bridgehead atoms. The van der Waals surface area contributed by atoms with E-state index in [0.717, 1.165) is 16.7 Å². The second-order valence-electron chi connectivity index (χ2n) is 6.08. The normalized spacial score (nSPS) is 19.4. The molecule has 1 aliphatic heterocycles. The van der Waals surface area contributed by atoms with Crippen molar-refractivity contribution in [1.29, 1.82) is 0 Å². The summed E-state index contributed by atoms with van der Waals surface area (Å²) in [6.45, 7) is 2.91. The Kier molecular flexibility index (Phi) is 8.16. The van der Waals surface area contributed by atoms with Crippen molar-refractivity contribution in [1.82, 2.24) is 4.90 Å². The van der Waals surface area contributed by atoms with Gasteiger partial charge in [-0.05, 0) is 24.6 Å². The molecule has 0 N–H and O–H groups in total. The second kappa shape index (κ2) is 10.6. The number of carbonyl (C=O) groups is 3. The van der Waals surface area contributed by atoms with Gasteiger partial charge in [0.05, 0.1) is 16.8 Å². The fourth-order valence-corrected chi connectivity index (χ4v) is 3.74. The van der Waals surface area contributed by atoms with Gasteiger partial charge in [0.1, 0.15) is 19.4 Å². The Labute approximate surface area is 176 Å². The number of carbonyl (C=O) groups excluding carboxylic acids is 3. The number of non-ortho nitro benzene ring substituents is 1. The first-order valence-corrected chi connectivity index (χ1v) is 9.77. The van der Waals surface area contributed by atoms with Gasteiger partial charge >= 0.3 is 12.1 Å². The van der Waals surface area contributed by atoms with Crippen molar-refractivity contribution in [2.45, 2.75) is 31.7 Å². The van der Waals surface area contributed by atoms with Crippen molar-refractivity contribution in [3.8, 4) is 0 Å². The summed E-state index contributed by atoms with van der Waals surface area (Å²) in [6, 6.07) is 4.33. The topological polar surface area (TPSA) is 138 Å². The van der Waals surface area contributed by atoms with Crippen molar-refractivity contribution >= 4 is 40.3 Å². The molecule has 12 heteroatoms. The van der Waals surface area contributed by atoms with E-state index in [9.17, 15) is 24.5 Å². The number of hydrogen-bond acceptors (Lipinski definition) is 10. The van der Waals surface area contributed by atoms with Crippen LogP contribution in [0.5, 0.6) is 0 Å². The SMILES string of the molecule is CCOC(=O)[C@@H]1C(=NOC)[C@@H](SC(C)=O)CN1C(=O)OCc1ccc([N+](=O)[O-])cc1. The van der Waals surface area contributed by atoms with Gasteiger partial charge in [-0.1, -0.05) is 16.9 Å². The zero-order valence-electron chi connectivity index (χ0n) is 16.6. The second-order valence-corrected chi connectivity index (χ2v) is 7.46. The molecule has 0 aromatic heterocycles. The van der Waals surface area contributed by atoms with Crippen LogP contribution in [-0.2, 0) is 30.5 Å². The number of nitro benzene ring substituents is 1. The van der Waals surface area contributed by atoms with Gasteiger partial charge in [0.25, 0.3) is 5.69 Å². The van der Waals surface area contributed by atoms with Crippen molar-refractivity contribution in [2.24, 2.45) is 5.16 Å². The first-order valence-electron chi connectivity index (χ1n) is 8.90. The summed E-state index contributed by atoms with van der Waals surface area (Å²) in [6.07, 6.45) is -0.818. The number of ether oxygens (including phenoxy) is 2. The molecular formula is C18H21N3O8S. The summed E-state index contributed by atoms with van der Waals surface area (Å²) in [5, 5.41) is 13.8. The molecule has 1 heterocycles. The molecule has 1 saturated heterocycles. The molecule has 0 radical (unpaired) electrons. The van der Waals surface area contributed by atoms with Gasteiger partial charge in [-0.25, -0.2) is 9.59 Å². The number of rotatable bonds is 7. The van der Waals surface area contributed by atoms with Crippen molar-refractivity contribution < 1.29 is 33.6 Å². The number of thioether (sulfide) groups is 1. The van der Waals surface area contributed by atoms with Crippen LogP contribution in [-0.4, -0.2) is 64.3 Å². The largest absolute Gasteiger partial charge is 0.464 e. The number of amides is 1. The highest BCUT2D eigenvalue weighted by atomic mass is 32.2. The van der Waals surface area contributed by atoms with Crippen LogP contribution < -0.4 is 0 Å². The molecule has 1 amide bonds. The Morgan fingerprint density at radius 1 is 1.27 bits per heavy atom. The average Bonchev–Trinajstić information content (AvgIpc) is 3.04. The molecular weight excluding hydrogens is 418 g/mol. The average molecular weight is 439 g/mol. The van der Waals surface area contributed by atoms with E-state index in [1.807, 2.05) is 0 Å². The number of nitrogens with zero attached hydrogens (tertiary/aromatic N) is 3. The molecule has 11 nitrogen and oxygen atoms in total. The zero-order chi connectivity index (χ0) is 22.3. The summed E-state index contributed by atoms with van der Waals surface area (Å²) >= 11 is 0.919. The highest BCUT2D eigenvalue weighted by molar-refractivity contribution is 8.14. The van der Waals surface area contributed by atoms with Crippen LogP contribution in [0, 0.1) is 10.1 Å². The quantitative estimate of drug-likeness (QED) is 0.355. The highest BCUT2D eigenvalue weighted by Crippen LogP contribution is 2.28. The summed E-state index contributed by atoms with van der Waals surface area (Å²) < 4.78 is 10.3. The Balaban J connectivity index is 2.18. The minimum atomic E-state index is -1.19. The van der Waals surface area contributed by atoms with E-state index in [4.69, 9.17) is 14.3 Å². The van der Waals surface area contributed by atoms with Gasteiger partial charge in [-0.2, -0.15) is 0 Å². The number of benzene rings is 1. The molecule has 30 heavy (non-hydrogen) atoms. The van der Waals surface area contributed by atoms with Gasteiger partial charge in [0, 0.05) is 25.6 Å². The highest BCUT2D eigenvalue weighted by Gasteiger charge is 2.48. The molecule has 2 rings (SSSR count). The van der Waals surface area contributed by atoms with Gasteiger partial charge in [0.2, 0.25) is 0 Å². The predicted molar refractivity (Wildman–Crippen MR) is 107 cm³/mol. The van der Waals surface area contributed by atoms with Crippen molar-refractivity contribution in [3.63, 3.8) is 0 Å². The fourth-order valence-electron chi connectivity index (χ4n) is 2.82. The van der Waals surface area contributed by atoms with E-state index < -0.39 is 28.3 Å². The maximum atomic E-state index is 12.7. The first-order chi connectivity index (χ1) is 14.3. The number of hydrogen-bond donors (Lipinski definition) is 0. The summed E-state index contributed by atoms with van der Waals surface area (Å²) in [7, 11) is 1.29. The third kappa shape index (κ3) is 5.69.